The summed E-state index contributed by atoms with van der Waals surface area (Å²) in [6, 6.07) is 17.5. The van der Waals surface area contributed by atoms with Crippen LogP contribution in [0.25, 0.3) is 44.5 Å². The minimum Gasteiger partial charge on any atom is -0.353 e. The molecule has 1 amide bonds. The van der Waals surface area contributed by atoms with Gasteiger partial charge in [-0.05, 0) is 29.8 Å². The highest BCUT2D eigenvalue weighted by atomic mass is 16.1. The molecule has 0 aliphatic rings. The zero-order chi connectivity index (χ0) is 22.9. The van der Waals surface area contributed by atoms with Crippen molar-refractivity contribution in [3.63, 3.8) is 0 Å². The number of benzene rings is 1. The molecule has 6 rings (SSSR count). The lowest BCUT2D eigenvalue weighted by molar-refractivity contribution is -0.115. The van der Waals surface area contributed by atoms with E-state index in [1.807, 2.05) is 60.8 Å². The molecule has 8 nitrogen and oxygen atoms in total. The molecule has 3 N–H and O–H groups in total. The van der Waals surface area contributed by atoms with Gasteiger partial charge in [0, 0.05) is 52.2 Å². The molecule has 6 aromatic rings. The molecule has 0 aliphatic carbocycles. The molecule has 8 heteroatoms. The van der Waals surface area contributed by atoms with Crippen molar-refractivity contribution in [3.8, 4) is 22.5 Å². The molecule has 0 unspecified atom stereocenters. The van der Waals surface area contributed by atoms with Gasteiger partial charge in [-0.15, -0.1) is 0 Å². The van der Waals surface area contributed by atoms with Crippen LogP contribution in [0.15, 0.2) is 85.6 Å². The molecule has 0 saturated heterocycles. The Balaban J connectivity index is 1.30. The lowest BCUT2D eigenvalue weighted by Crippen LogP contribution is -2.14. The third-order valence-electron chi connectivity index (χ3n) is 5.66. The van der Waals surface area contributed by atoms with Crippen LogP contribution in [0.1, 0.15) is 5.56 Å². The summed E-state index contributed by atoms with van der Waals surface area (Å²) in [5.74, 6) is -0.0934. The van der Waals surface area contributed by atoms with Gasteiger partial charge in [-0.3, -0.25) is 19.9 Å². The van der Waals surface area contributed by atoms with Crippen molar-refractivity contribution in [2.45, 2.75) is 6.42 Å². The fourth-order valence-corrected chi connectivity index (χ4v) is 4.02. The van der Waals surface area contributed by atoms with Gasteiger partial charge in [-0.2, -0.15) is 5.10 Å². The fraction of sp³-hybridized carbons (Fsp3) is 0.0385. The van der Waals surface area contributed by atoms with Crippen LogP contribution in [-0.2, 0) is 11.2 Å². The highest BCUT2D eigenvalue weighted by molar-refractivity contribution is 5.96. The lowest BCUT2D eigenvalue weighted by Gasteiger charge is -2.07. The molecule has 0 fully saturated rings. The number of hydrogen-bond acceptors (Lipinski definition) is 5. The SMILES string of the molecule is O=C(Cc1ccccc1)Nc1cncc(-c2cnc3[nH]nc(-c4cc5cnccc5[nH]4)c3c2)c1. The van der Waals surface area contributed by atoms with Crippen LogP contribution in [0.4, 0.5) is 5.69 Å². The van der Waals surface area contributed by atoms with Gasteiger partial charge in [0.25, 0.3) is 0 Å². The monoisotopic (exact) mass is 445 g/mol. The number of fused-ring (bicyclic) bond motifs is 2. The topological polar surface area (TPSA) is 112 Å². The zero-order valence-corrected chi connectivity index (χ0v) is 18.0. The Morgan fingerprint density at radius 3 is 2.68 bits per heavy atom. The van der Waals surface area contributed by atoms with Crippen LogP contribution in [0.2, 0.25) is 0 Å². The molecule has 34 heavy (non-hydrogen) atoms. The number of nitrogens with one attached hydrogen (secondary N) is 3. The minimum absolute atomic E-state index is 0.0934. The quantitative estimate of drug-likeness (QED) is 0.355. The number of carbonyl (C=O) groups excluding carboxylic acids is 1. The summed E-state index contributed by atoms with van der Waals surface area (Å²) in [5, 5.41) is 12.3. The number of aromatic amines is 2. The first-order chi connectivity index (χ1) is 16.7. The summed E-state index contributed by atoms with van der Waals surface area (Å²) in [6.07, 6.45) is 9.04. The van der Waals surface area contributed by atoms with E-state index in [9.17, 15) is 4.79 Å². The van der Waals surface area contributed by atoms with E-state index in [0.717, 1.165) is 44.4 Å². The largest absolute Gasteiger partial charge is 0.353 e. The Morgan fingerprint density at radius 2 is 1.79 bits per heavy atom. The van der Waals surface area contributed by atoms with Gasteiger partial charge in [-0.1, -0.05) is 30.3 Å². The van der Waals surface area contributed by atoms with Gasteiger partial charge in [-0.25, -0.2) is 4.98 Å². The Kier molecular flexibility index (Phi) is 4.81. The molecule has 0 bridgehead atoms. The van der Waals surface area contributed by atoms with E-state index in [1.54, 1.807) is 24.8 Å². The maximum absolute atomic E-state index is 12.5. The van der Waals surface area contributed by atoms with E-state index < -0.39 is 0 Å². The van der Waals surface area contributed by atoms with Gasteiger partial charge in [0.2, 0.25) is 5.91 Å². The number of pyridine rings is 3. The number of aromatic nitrogens is 6. The second-order valence-electron chi connectivity index (χ2n) is 8.01. The van der Waals surface area contributed by atoms with Gasteiger partial charge >= 0.3 is 0 Å². The number of anilines is 1. The van der Waals surface area contributed by atoms with Crippen molar-refractivity contribution in [3.05, 3.63) is 91.1 Å². The Hall–Kier alpha value is -4.85. The maximum atomic E-state index is 12.5. The van der Waals surface area contributed by atoms with Gasteiger partial charge in [0.05, 0.1) is 24.0 Å². The first-order valence-corrected chi connectivity index (χ1v) is 10.8. The molecule has 0 aliphatic heterocycles. The Labute approximate surface area is 194 Å². The Bertz CT molecular complexity index is 1600. The van der Waals surface area contributed by atoms with Crippen LogP contribution in [-0.4, -0.2) is 36.0 Å². The standard InChI is InChI=1S/C26H19N7O/c34-24(8-16-4-2-1-3-5-16)30-20-9-17(12-28-15-20)18-10-21-25(32-33-26(21)29-14-18)23-11-19-13-27-7-6-22(19)31-23/h1-7,9-15,31H,8H2,(H,30,34)(H,29,32,33). The second kappa shape index (κ2) is 8.25. The highest BCUT2D eigenvalue weighted by Gasteiger charge is 2.14. The van der Waals surface area contributed by atoms with Gasteiger partial charge in [0.15, 0.2) is 5.65 Å². The normalized spacial score (nSPS) is 11.2. The zero-order valence-electron chi connectivity index (χ0n) is 18.0. The average Bonchev–Trinajstić information content (AvgIpc) is 3.48. The van der Waals surface area contributed by atoms with Crippen molar-refractivity contribution in [1.29, 1.82) is 0 Å². The number of hydrogen-bond donors (Lipinski definition) is 3. The number of carbonyl (C=O) groups is 1. The van der Waals surface area contributed by atoms with Crippen LogP contribution in [0.5, 0.6) is 0 Å². The number of nitrogens with zero attached hydrogens (tertiary/aromatic N) is 4. The second-order valence-corrected chi connectivity index (χ2v) is 8.01. The molecule has 0 spiro atoms. The molecule has 164 valence electrons. The number of rotatable bonds is 5. The lowest BCUT2D eigenvalue weighted by atomic mass is 10.1. The van der Waals surface area contributed by atoms with Crippen molar-refractivity contribution in [2.75, 3.05) is 5.32 Å². The van der Waals surface area contributed by atoms with E-state index in [0.29, 0.717) is 17.8 Å². The smallest absolute Gasteiger partial charge is 0.228 e. The summed E-state index contributed by atoms with van der Waals surface area (Å²) in [6.45, 7) is 0. The maximum Gasteiger partial charge on any atom is 0.228 e. The molecular weight excluding hydrogens is 426 g/mol. The summed E-state index contributed by atoms with van der Waals surface area (Å²) < 4.78 is 0. The highest BCUT2D eigenvalue weighted by Crippen LogP contribution is 2.31. The molecule has 5 aromatic heterocycles. The third-order valence-corrected chi connectivity index (χ3v) is 5.66. The van der Waals surface area contributed by atoms with Crippen molar-refractivity contribution < 1.29 is 4.79 Å². The summed E-state index contributed by atoms with van der Waals surface area (Å²) >= 11 is 0. The van der Waals surface area contributed by atoms with Crippen LogP contribution < -0.4 is 5.32 Å². The van der Waals surface area contributed by atoms with Crippen molar-refractivity contribution >= 4 is 33.5 Å². The van der Waals surface area contributed by atoms with E-state index in [1.165, 1.54) is 0 Å². The van der Waals surface area contributed by atoms with Crippen molar-refractivity contribution in [1.82, 2.24) is 30.1 Å². The summed E-state index contributed by atoms with van der Waals surface area (Å²) in [4.78, 5) is 28.9. The van der Waals surface area contributed by atoms with E-state index in [2.05, 4.69) is 35.5 Å². The van der Waals surface area contributed by atoms with Crippen LogP contribution in [0.3, 0.4) is 0 Å². The van der Waals surface area contributed by atoms with Crippen LogP contribution in [0, 0.1) is 0 Å². The van der Waals surface area contributed by atoms with E-state index in [-0.39, 0.29) is 5.91 Å². The number of H-pyrrole nitrogens is 2. The van der Waals surface area contributed by atoms with E-state index >= 15 is 0 Å². The first kappa shape index (κ1) is 19.8. The molecule has 0 radical (unpaired) electrons. The summed E-state index contributed by atoms with van der Waals surface area (Å²) in [7, 11) is 0. The van der Waals surface area contributed by atoms with Crippen molar-refractivity contribution in [2.24, 2.45) is 0 Å². The summed E-state index contributed by atoms with van der Waals surface area (Å²) in [5.41, 5.74) is 6.66. The molecular formula is C26H19N7O. The molecule has 5 heterocycles. The molecule has 0 saturated carbocycles. The van der Waals surface area contributed by atoms with E-state index in [4.69, 9.17) is 0 Å². The predicted octanol–water partition coefficient (Wildman–Crippen LogP) is 4.74. The van der Waals surface area contributed by atoms with Crippen LogP contribution >= 0.6 is 0 Å². The minimum atomic E-state index is -0.0934. The number of amides is 1. The predicted molar refractivity (Wildman–Crippen MR) is 131 cm³/mol. The average molecular weight is 445 g/mol. The third kappa shape index (κ3) is 3.77. The van der Waals surface area contributed by atoms with Gasteiger partial charge < -0.3 is 10.3 Å². The Morgan fingerprint density at radius 1 is 0.912 bits per heavy atom. The molecule has 1 aromatic carbocycles. The first-order valence-electron chi connectivity index (χ1n) is 10.8. The van der Waals surface area contributed by atoms with Gasteiger partial charge in [0.1, 0.15) is 5.69 Å². The molecule has 0 atom stereocenters. The fourth-order valence-electron chi connectivity index (χ4n) is 4.02.